The normalized spacial score (nSPS) is 15.0. The van der Waals surface area contributed by atoms with Gasteiger partial charge in [-0.3, -0.25) is 4.79 Å². The van der Waals surface area contributed by atoms with Crippen LogP contribution in [0.3, 0.4) is 0 Å². The van der Waals surface area contributed by atoms with E-state index in [0.29, 0.717) is 54.8 Å². The summed E-state index contributed by atoms with van der Waals surface area (Å²) in [6.07, 6.45) is 2.33. The molecule has 0 unspecified atom stereocenters. The zero-order valence-electron chi connectivity index (χ0n) is 16.6. The van der Waals surface area contributed by atoms with Gasteiger partial charge in [-0.15, -0.1) is 0 Å². The number of piperidine rings is 1. The van der Waals surface area contributed by atoms with Crippen LogP contribution >= 0.6 is 0 Å². The summed E-state index contributed by atoms with van der Waals surface area (Å²) in [6.45, 7) is 5.41. The predicted molar refractivity (Wildman–Crippen MR) is 104 cm³/mol. The number of likely N-dealkylation sites (tertiary alicyclic amines) is 1. The van der Waals surface area contributed by atoms with Crippen molar-refractivity contribution in [1.82, 2.24) is 20.2 Å². The van der Waals surface area contributed by atoms with E-state index in [1.807, 2.05) is 35.2 Å². The van der Waals surface area contributed by atoms with Crippen molar-refractivity contribution in [2.75, 3.05) is 19.7 Å². The van der Waals surface area contributed by atoms with E-state index in [1.54, 1.807) is 13.8 Å². The van der Waals surface area contributed by atoms with Crippen LogP contribution in [0.25, 0.3) is 11.5 Å². The van der Waals surface area contributed by atoms with E-state index in [0.717, 1.165) is 18.4 Å². The van der Waals surface area contributed by atoms with Crippen molar-refractivity contribution in [2.45, 2.75) is 39.2 Å². The van der Waals surface area contributed by atoms with Crippen molar-refractivity contribution in [1.29, 1.82) is 0 Å². The average Bonchev–Trinajstić information content (AvgIpc) is 3.35. The minimum atomic E-state index is -0.0139. The number of ether oxygens (including phenoxy) is 1. The van der Waals surface area contributed by atoms with Crippen LogP contribution in [0.4, 0.5) is 0 Å². The largest absolute Gasteiger partial charge is 0.378 e. The van der Waals surface area contributed by atoms with Gasteiger partial charge in [-0.25, -0.2) is 0 Å². The van der Waals surface area contributed by atoms with Crippen molar-refractivity contribution >= 4 is 5.91 Å². The van der Waals surface area contributed by atoms with E-state index in [4.69, 9.17) is 13.8 Å². The van der Waals surface area contributed by atoms with Crippen LogP contribution in [-0.2, 0) is 11.2 Å². The van der Waals surface area contributed by atoms with E-state index in [9.17, 15) is 4.79 Å². The summed E-state index contributed by atoms with van der Waals surface area (Å²) in [4.78, 5) is 18.9. The number of aryl methyl sites for hydroxylation is 2. The monoisotopic (exact) mass is 396 g/mol. The lowest BCUT2D eigenvalue weighted by Crippen LogP contribution is -2.41. The topological polar surface area (TPSA) is 94.5 Å². The molecule has 0 atom stereocenters. The number of benzene rings is 1. The highest BCUT2D eigenvalue weighted by molar-refractivity contribution is 5.96. The van der Waals surface area contributed by atoms with Crippen molar-refractivity contribution in [3.8, 4) is 11.5 Å². The highest BCUT2D eigenvalue weighted by Crippen LogP contribution is 2.20. The SMILES string of the molecule is Cc1noc(C)c1C(=O)N1CCC(OCCc2noc(-c3ccccc3)n2)CC1. The predicted octanol–water partition coefficient (Wildman–Crippen LogP) is 3.21. The van der Waals surface area contributed by atoms with Gasteiger partial charge in [-0.2, -0.15) is 4.98 Å². The van der Waals surface area contributed by atoms with Crippen molar-refractivity contribution in [3.63, 3.8) is 0 Å². The number of hydrogen-bond acceptors (Lipinski definition) is 7. The molecule has 0 saturated carbocycles. The van der Waals surface area contributed by atoms with Gasteiger partial charge in [0.15, 0.2) is 5.82 Å². The first-order chi connectivity index (χ1) is 14.1. The number of rotatable bonds is 6. The summed E-state index contributed by atoms with van der Waals surface area (Å²) in [5.74, 6) is 1.71. The van der Waals surface area contributed by atoms with Crippen LogP contribution in [0.2, 0.25) is 0 Å². The Morgan fingerprint density at radius 2 is 1.90 bits per heavy atom. The smallest absolute Gasteiger partial charge is 0.259 e. The molecular formula is C21H24N4O4. The van der Waals surface area contributed by atoms with E-state index in [-0.39, 0.29) is 12.0 Å². The molecule has 3 aromatic rings. The zero-order chi connectivity index (χ0) is 20.2. The van der Waals surface area contributed by atoms with Gasteiger partial charge in [0.1, 0.15) is 11.3 Å². The maximum Gasteiger partial charge on any atom is 0.259 e. The Morgan fingerprint density at radius 1 is 1.14 bits per heavy atom. The quantitative estimate of drug-likeness (QED) is 0.631. The standard InChI is InChI=1S/C21H24N4O4/c1-14-19(15(2)28-23-14)21(26)25-11-8-17(9-12-25)27-13-10-18-22-20(29-24-18)16-6-4-3-5-7-16/h3-7,17H,8-13H2,1-2H3. The molecule has 0 aliphatic carbocycles. The van der Waals surface area contributed by atoms with Gasteiger partial charge in [0.25, 0.3) is 11.8 Å². The molecule has 0 spiro atoms. The number of carbonyl (C=O) groups excluding carboxylic acids is 1. The fourth-order valence-electron chi connectivity index (χ4n) is 3.54. The second-order valence-corrected chi connectivity index (χ2v) is 7.19. The lowest BCUT2D eigenvalue weighted by atomic mass is 10.1. The number of carbonyl (C=O) groups is 1. The van der Waals surface area contributed by atoms with Crippen LogP contribution in [0.15, 0.2) is 39.4 Å². The molecule has 8 nitrogen and oxygen atoms in total. The minimum Gasteiger partial charge on any atom is -0.378 e. The number of aromatic nitrogens is 3. The maximum atomic E-state index is 12.7. The van der Waals surface area contributed by atoms with Crippen molar-refractivity contribution in [3.05, 3.63) is 53.2 Å². The van der Waals surface area contributed by atoms with E-state index >= 15 is 0 Å². The van der Waals surface area contributed by atoms with Crippen LogP contribution in [-0.4, -0.2) is 51.9 Å². The van der Waals surface area contributed by atoms with Gasteiger partial charge in [-0.05, 0) is 38.8 Å². The Kier molecular flexibility index (Phi) is 5.71. The van der Waals surface area contributed by atoms with E-state index in [1.165, 1.54) is 0 Å². The van der Waals surface area contributed by atoms with Crippen molar-refractivity contribution < 1.29 is 18.6 Å². The lowest BCUT2D eigenvalue weighted by Gasteiger charge is -2.31. The Hall–Kier alpha value is -3.00. The molecule has 3 heterocycles. The second kappa shape index (κ2) is 8.57. The maximum absolute atomic E-state index is 12.7. The van der Waals surface area contributed by atoms with E-state index < -0.39 is 0 Å². The van der Waals surface area contributed by atoms with Crippen LogP contribution in [0, 0.1) is 13.8 Å². The number of amides is 1. The molecule has 8 heteroatoms. The van der Waals surface area contributed by atoms with Gasteiger partial charge in [0.05, 0.1) is 18.4 Å². The van der Waals surface area contributed by atoms with Crippen LogP contribution in [0.5, 0.6) is 0 Å². The molecule has 29 heavy (non-hydrogen) atoms. The first-order valence-electron chi connectivity index (χ1n) is 9.83. The molecule has 152 valence electrons. The Morgan fingerprint density at radius 3 is 2.59 bits per heavy atom. The summed E-state index contributed by atoms with van der Waals surface area (Å²) in [5.41, 5.74) is 2.12. The van der Waals surface area contributed by atoms with Crippen LogP contribution in [0.1, 0.15) is 40.5 Å². The van der Waals surface area contributed by atoms with E-state index in [2.05, 4.69) is 15.3 Å². The second-order valence-electron chi connectivity index (χ2n) is 7.19. The first-order valence-corrected chi connectivity index (χ1v) is 9.83. The van der Waals surface area contributed by atoms with Gasteiger partial charge in [-0.1, -0.05) is 28.5 Å². The molecule has 1 amide bonds. The lowest BCUT2D eigenvalue weighted by molar-refractivity contribution is 0.00942. The average molecular weight is 396 g/mol. The van der Waals surface area contributed by atoms with Gasteiger partial charge in [0.2, 0.25) is 0 Å². The highest BCUT2D eigenvalue weighted by Gasteiger charge is 2.27. The fraction of sp³-hybridized carbons (Fsp3) is 0.429. The first kappa shape index (κ1) is 19.3. The Bertz CT molecular complexity index is 939. The molecule has 1 aliphatic heterocycles. The molecule has 1 saturated heterocycles. The summed E-state index contributed by atoms with van der Waals surface area (Å²) >= 11 is 0. The van der Waals surface area contributed by atoms with Crippen molar-refractivity contribution in [2.24, 2.45) is 0 Å². The zero-order valence-corrected chi connectivity index (χ0v) is 16.6. The molecule has 4 rings (SSSR count). The van der Waals surface area contributed by atoms with Gasteiger partial charge < -0.3 is 18.7 Å². The van der Waals surface area contributed by atoms with Gasteiger partial charge >= 0.3 is 0 Å². The summed E-state index contributed by atoms with van der Waals surface area (Å²) < 4.78 is 16.4. The van der Waals surface area contributed by atoms with Crippen LogP contribution < -0.4 is 0 Å². The Balaban J connectivity index is 1.23. The summed E-state index contributed by atoms with van der Waals surface area (Å²) in [5, 5.41) is 7.89. The Labute approximate surface area is 168 Å². The number of hydrogen-bond donors (Lipinski definition) is 0. The molecule has 0 N–H and O–H groups in total. The molecule has 1 fully saturated rings. The molecule has 0 bridgehead atoms. The third kappa shape index (κ3) is 4.37. The molecule has 1 aromatic carbocycles. The van der Waals surface area contributed by atoms with Gasteiger partial charge in [0, 0.05) is 25.1 Å². The molecule has 0 radical (unpaired) electrons. The minimum absolute atomic E-state index is 0.0139. The highest BCUT2D eigenvalue weighted by atomic mass is 16.5. The number of nitrogens with zero attached hydrogens (tertiary/aromatic N) is 4. The fourth-order valence-corrected chi connectivity index (χ4v) is 3.54. The molecular weight excluding hydrogens is 372 g/mol. The third-order valence-corrected chi connectivity index (χ3v) is 5.14. The molecule has 1 aliphatic rings. The summed E-state index contributed by atoms with van der Waals surface area (Å²) in [6, 6.07) is 9.69. The third-order valence-electron chi connectivity index (χ3n) is 5.14. The molecule has 2 aromatic heterocycles. The summed E-state index contributed by atoms with van der Waals surface area (Å²) in [7, 11) is 0.